The third-order valence-electron chi connectivity index (χ3n) is 8.91. The Morgan fingerprint density at radius 3 is 2.92 bits per heavy atom. The molecular weight excluding hydrogens is 456 g/mol. The molecule has 4 aliphatic heterocycles. The fourth-order valence-electron chi connectivity index (χ4n) is 7.07. The number of fused-ring (bicyclic) bond motifs is 6. The van der Waals surface area contributed by atoms with Crippen LogP contribution < -0.4 is 15.1 Å². The fourth-order valence-corrected chi connectivity index (χ4v) is 7.07. The lowest BCUT2D eigenvalue weighted by Crippen LogP contribution is -2.64. The molecule has 36 heavy (non-hydrogen) atoms. The summed E-state index contributed by atoms with van der Waals surface area (Å²) in [5.74, 6) is -0.113. The molecule has 2 bridgehead atoms. The van der Waals surface area contributed by atoms with Crippen LogP contribution in [0.1, 0.15) is 31.4 Å². The first-order valence-electron chi connectivity index (χ1n) is 12.7. The maximum Gasteiger partial charge on any atom is 0.411 e. The second-order valence-corrected chi connectivity index (χ2v) is 11.1. The molecular formula is C26H31N8O2+. The molecule has 0 saturated carbocycles. The summed E-state index contributed by atoms with van der Waals surface area (Å²) in [5.41, 5.74) is 9.08. The highest BCUT2D eigenvalue weighted by Crippen LogP contribution is 2.55. The molecule has 1 spiro atoms. The van der Waals surface area contributed by atoms with Crippen molar-refractivity contribution in [3.8, 4) is 0 Å². The van der Waals surface area contributed by atoms with Gasteiger partial charge in [-0.3, -0.25) is 14.8 Å². The fraction of sp³-hybridized carbons (Fsp3) is 0.462. The molecule has 3 aromatic rings. The number of nitrogens with zero attached hydrogens (tertiary/aromatic N) is 6. The van der Waals surface area contributed by atoms with Gasteiger partial charge in [0.05, 0.1) is 30.4 Å². The highest BCUT2D eigenvalue weighted by Gasteiger charge is 2.81. The zero-order valence-corrected chi connectivity index (χ0v) is 20.6. The van der Waals surface area contributed by atoms with E-state index in [0.717, 1.165) is 37.2 Å². The van der Waals surface area contributed by atoms with E-state index in [1.54, 1.807) is 12.4 Å². The van der Waals surface area contributed by atoms with Gasteiger partial charge in [-0.05, 0) is 43.5 Å². The van der Waals surface area contributed by atoms with Crippen molar-refractivity contribution in [2.45, 2.75) is 31.5 Å². The van der Waals surface area contributed by atoms with Crippen molar-refractivity contribution in [2.75, 3.05) is 50.4 Å². The Kier molecular flexibility index (Phi) is 4.39. The molecule has 4 aliphatic rings. The van der Waals surface area contributed by atoms with Gasteiger partial charge in [0.1, 0.15) is 11.3 Å². The molecule has 3 saturated heterocycles. The van der Waals surface area contributed by atoms with Crippen LogP contribution in [0, 0.1) is 5.92 Å². The maximum absolute atomic E-state index is 14.6. The smallest absolute Gasteiger partial charge is 0.383 e. The van der Waals surface area contributed by atoms with Crippen LogP contribution >= 0.6 is 0 Å². The number of H-pyrrole nitrogens is 1. The van der Waals surface area contributed by atoms with Gasteiger partial charge in [0.2, 0.25) is 0 Å². The van der Waals surface area contributed by atoms with Crippen LogP contribution in [-0.4, -0.2) is 82.2 Å². The first-order chi connectivity index (χ1) is 17.4. The van der Waals surface area contributed by atoms with Gasteiger partial charge in [0.15, 0.2) is 12.2 Å². The summed E-state index contributed by atoms with van der Waals surface area (Å²) in [7, 11) is 2.08. The number of nitrogens with one attached hydrogen (secondary N) is 1. The van der Waals surface area contributed by atoms with Gasteiger partial charge in [-0.15, -0.1) is 0 Å². The summed E-state index contributed by atoms with van der Waals surface area (Å²) in [6.07, 6.45) is 5.19. The van der Waals surface area contributed by atoms with Gasteiger partial charge in [0.25, 0.3) is 5.66 Å². The predicted octanol–water partition coefficient (Wildman–Crippen LogP) is 1.85. The van der Waals surface area contributed by atoms with E-state index in [1.165, 1.54) is 0 Å². The van der Waals surface area contributed by atoms with Crippen molar-refractivity contribution in [2.24, 2.45) is 5.92 Å². The maximum atomic E-state index is 14.6. The zero-order valence-electron chi connectivity index (χ0n) is 20.6. The van der Waals surface area contributed by atoms with Crippen molar-refractivity contribution in [3.05, 3.63) is 42.2 Å². The zero-order chi connectivity index (χ0) is 24.8. The third-order valence-corrected chi connectivity index (χ3v) is 8.91. The van der Waals surface area contributed by atoms with Crippen LogP contribution in [0.4, 0.5) is 17.2 Å². The Labute approximate surface area is 209 Å². The number of nitrogen functional groups attached to an aromatic ring is 1. The number of carbonyl (C=O) groups is 2. The molecule has 10 nitrogen and oxygen atoms in total. The molecule has 4 atom stereocenters. The number of carbonyl (C=O) groups excluding carboxylic acids is 2. The minimum Gasteiger partial charge on any atom is -0.383 e. The average molecular weight is 488 g/mol. The van der Waals surface area contributed by atoms with E-state index in [9.17, 15) is 9.59 Å². The quantitative estimate of drug-likeness (QED) is 0.306. The van der Waals surface area contributed by atoms with Crippen LogP contribution in [0.15, 0.2) is 36.7 Å². The number of amides is 2. The van der Waals surface area contributed by atoms with Crippen LogP contribution in [0.5, 0.6) is 0 Å². The number of quaternary nitrogens is 1. The summed E-state index contributed by atoms with van der Waals surface area (Å²) in [4.78, 5) is 39.7. The molecule has 0 aliphatic carbocycles. The second-order valence-electron chi connectivity index (χ2n) is 11.1. The molecule has 2 aromatic heterocycles. The van der Waals surface area contributed by atoms with Crippen molar-refractivity contribution in [1.82, 2.24) is 29.5 Å². The highest BCUT2D eigenvalue weighted by atomic mass is 16.2. The Morgan fingerprint density at radius 1 is 1.19 bits per heavy atom. The van der Waals surface area contributed by atoms with Gasteiger partial charge in [0, 0.05) is 25.3 Å². The van der Waals surface area contributed by atoms with Crippen LogP contribution in [0.25, 0.3) is 10.9 Å². The van der Waals surface area contributed by atoms with Gasteiger partial charge >= 0.3 is 11.8 Å². The summed E-state index contributed by atoms with van der Waals surface area (Å²) in [5, 5.41) is 7.94. The summed E-state index contributed by atoms with van der Waals surface area (Å²) < 4.78 is -0.107. The lowest BCUT2D eigenvalue weighted by atomic mass is 9.89. The van der Waals surface area contributed by atoms with E-state index in [2.05, 4.69) is 63.2 Å². The van der Waals surface area contributed by atoms with Crippen LogP contribution in [-0.2, 0) is 9.59 Å². The molecule has 10 heteroatoms. The Morgan fingerprint density at radius 2 is 2.06 bits per heavy atom. The van der Waals surface area contributed by atoms with Crippen molar-refractivity contribution < 1.29 is 9.59 Å². The van der Waals surface area contributed by atoms with Gasteiger partial charge in [-0.2, -0.15) is 9.58 Å². The number of anilines is 2. The van der Waals surface area contributed by atoms with Crippen molar-refractivity contribution in [3.63, 3.8) is 0 Å². The first-order valence-corrected chi connectivity index (χ1v) is 12.7. The summed E-state index contributed by atoms with van der Waals surface area (Å²) in [6, 6.07) is 8.47. The third kappa shape index (κ3) is 2.68. The largest absolute Gasteiger partial charge is 0.411 e. The van der Waals surface area contributed by atoms with Gasteiger partial charge < -0.3 is 15.5 Å². The second kappa shape index (κ2) is 7.27. The number of benzene rings is 1. The number of aromatic nitrogens is 3. The molecule has 7 rings (SSSR count). The minimum absolute atomic E-state index is 0.103. The van der Waals surface area contributed by atoms with E-state index >= 15 is 0 Å². The Bertz CT molecular complexity index is 1420. The summed E-state index contributed by atoms with van der Waals surface area (Å²) in [6.45, 7) is 5.51. The van der Waals surface area contributed by atoms with E-state index < -0.39 is 17.5 Å². The van der Waals surface area contributed by atoms with E-state index in [4.69, 9.17) is 5.73 Å². The lowest BCUT2D eigenvalue weighted by Gasteiger charge is -2.44. The Balaban J connectivity index is 1.50. The topological polar surface area (TPSA) is 111 Å². The number of aromatic amines is 1. The minimum atomic E-state index is -0.623. The Hall–Kier alpha value is -3.50. The number of pyridine rings is 1. The van der Waals surface area contributed by atoms with E-state index in [-0.39, 0.29) is 10.5 Å². The number of likely N-dealkylation sites (N-methyl/N-ethyl adjacent to an activating group) is 1. The molecule has 2 unspecified atom stereocenters. The standard InChI is InChI=1S/C26H31N8O2/c1-16-6-7-20-17-4-3-5-18(10-17)33-9-8-31(2)14-26(33)15-34(26,25(36)24(35)32(20)13-16)21-12-28-23(27)19-11-29-30-22(19)21/h3-5,10-12,16,20H,6-9,13-15H2,1-2H3,(H2,27,28)(H,29,30)/q+1/t16-,20+,26?,34?/m0/s1. The first kappa shape index (κ1) is 21.8. The van der Waals surface area contributed by atoms with Gasteiger partial charge in [-0.25, -0.2) is 9.78 Å². The molecule has 186 valence electrons. The number of nitrogens with two attached hydrogens (primary N) is 1. The molecule has 6 heterocycles. The van der Waals surface area contributed by atoms with Gasteiger partial charge in [-0.1, -0.05) is 19.1 Å². The number of hydrogen-bond donors (Lipinski definition) is 2. The molecule has 3 N–H and O–H groups in total. The monoisotopic (exact) mass is 487 g/mol. The summed E-state index contributed by atoms with van der Waals surface area (Å²) >= 11 is 0. The van der Waals surface area contributed by atoms with E-state index in [0.29, 0.717) is 48.0 Å². The number of piperazine rings is 1. The van der Waals surface area contributed by atoms with Crippen LogP contribution in [0.3, 0.4) is 0 Å². The number of piperidine rings is 1. The van der Waals surface area contributed by atoms with Crippen LogP contribution in [0.2, 0.25) is 0 Å². The average Bonchev–Trinajstić information content (AvgIpc) is 3.24. The SMILES string of the molecule is C[C@H]1CC[C@@H]2c3cccc(c3)N3CCN(C)CC34C[N+]4(c3cnc(N)c4cn[nH]c34)C(=O)C(=O)N2C1. The number of hydrogen-bond acceptors (Lipinski definition) is 7. The molecule has 2 amide bonds. The predicted molar refractivity (Wildman–Crippen MR) is 137 cm³/mol. The van der Waals surface area contributed by atoms with Crippen molar-refractivity contribution in [1.29, 1.82) is 0 Å². The molecule has 1 aromatic carbocycles. The normalized spacial score (nSPS) is 32.2. The van der Waals surface area contributed by atoms with Crippen molar-refractivity contribution >= 4 is 39.9 Å². The molecule has 0 radical (unpaired) electrons. The number of rotatable bonds is 1. The highest BCUT2D eigenvalue weighted by molar-refractivity contribution is 6.40. The lowest BCUT2D eigenvalue weighted by molar-refractivity contribution is -0.152. The molecule has 3 fully saturated rings. The van der Waals surface area contributed by atoms with E-state index in [1.807, 2.05) is 4.90 Å².